The van der Waals surface area contributed by atoms with E-state index in [1.165, 1.54) is 14.2 Å². The zero-order valence-electron chi connectivity index (χ0n) is 23.2. The molecule has 1 saturated carbocycles. The molecule has 3 atom stereocenters. The van der Waals surface area contributed by atoms with E-state index in [0.29, 0.717) is 35.7 Å². The van der Waals surface area contributed by atoms with Crippen LogP contribution in [0.3, 0.4) is 0 Å². The Balaban J connectivity index is 1.72. The number of nitriles is 1. The Kier molecular flexibility index (Phi) is 7.42. The standard InChI is InChI=1S/C29H32BrFN4O5/c1-29(2,3)40-28(37)34-14-16-12-20(34)25(16)35-17(8-9-21(36)38-4)13-19-26(35)18-11-15(7-6-10-32)22(30)23(31)24(18)33-27(19)39-5/h11,13,16,20,25H,6-9,12,14H2,1-5H3/t16-,20-,25+/m1/s1. The van der Waals surface area contributed by atoms with Gasteiger partial charge in [-0.3, -0.25) is 4.79 Å². The smallest absolute Gasteiger partial charge is 0.410 e. The van der Waals surface area contributed by atoms with Crippen molar-refractivity contribution in [3.63, 3.8) is 0 Å². The molecule has 6 rings (SSSR count). The molecular formula is C29H32BrFN4O5. The molecule has 2 aliphatic heterocycles. The summed E-state index contributed by atoms with van der Waals surface area (Å²) in [5, 5.41) is 10.4. The molecule has 2 aromatic heterocycles. The Bertz CT molecular complexity index is 1560. The van der Waals surface area contributed by atoms with E-state index in [-0.39, 0.29) is 58.8 Å². The van der Waals surface area contributed by atoms with Crippen LogP contribution in [0, 0.1) is 23.1 Å². The Labute approximate surface area is 240 Å². The molecule has 4 heterocycles. The van der Waals surface area contributed by atoms with Crippen molar-refractivity contribution in [3.8, 4) is 11.9 Å². The summed E-state index contributed by atoms with van der Waals surface area (Å²) in [6.07, 6.45) is 1.62. The molecule has 3 fully saturated rings. The van der Waals surface area contributed by atoms with Gasteiger partial charge in [0.25, 0.3) is 0 Å². The average molecular weight is 616 g/mol. The number of benzene rings is 1. The number of carbonyl (C=O) groups excluding carboxylic acids is 2. The molecule has 212 valence electrons. The van der Waals surface area contributed by atoms with Crippen LogP contribution in [-0.2, 0) is 27.1 Å². The van der Waals surface area contributed by atoms with E-state index in [9.17, 15) is 9.59 Å². The lowest BCUT2D eigenvalue weighted by Crippen LogP contribution is -2.44. The molecule has 2 bridgehead atoms. The Morgan fingerprint density at radius 1 is 1.23 bits per heavy atom. The van der Waals surface area contributed by atoms with E-state index in [0.717, 1.165) is 17.6 Å². The fraction of sp³-hybridized carbons (Fsp3) is 0.517. The van der Waals surface area contributed by atoms with Gasteiger partial charge in [-0.05, 0) is 73.7 Å². The molecule has 11 heteroatoms. The summed E-state index contributed by atoms with van der Waals surface area (Å²) in [4.78, 5) is 31.5. The number of aromatic nitrogens is 2. The highest BCUT2D eigenvalue weighted by Gasteiger charge is 2.56. The zero-order valence-corrected chi connectivity index (χ0v) is 24.8. The maximum Gasteiger partial charge on any atom is 0.410 e. The number of pyridine rings is 1. The lowest BCUT2D eigenvalue weighted by molar-refractivity contribution is -0.140. The van der Waals surface area contributed by atoms with Gasteiger partial charge in [-0.25, -0.2) is 14.2 Å². The Morgan fingerprint density at radius 2 is 1.98 bits per heavy atom. The zero-order chi connectivity index (χ0) is 28.9. The molecule has 1 amide bonds. The van der Waals surface area contributed by atoms with Gasteiger partial charge < -0.3 is 23.7 Å². The van der Waals surface area contributed by atoms with Gasteiger partial charge >= 0.3 is 12.1 Å². The van der Waals surface area contributed by atoms with E-state index >= 15 is 4.39 Å². The number of hydrogen-bond acceptors (Lipinski definition) is 7. The average Bonchev–Trinajstić information content (AvgIpc) is 3.60. The summed E-state index contributed by atoms with van der Waals surface area (Å²) in [6.45, 7) is 6.08. The molecule has 3 aliphatic rings. The van der Waals surface area contributed by atoms with Gasteiger partial charge in [-0.2, -0.15) is 5.26 Å². The largest absolute Gasteiger partial charge is 0.480 e. The van der Waals surface area contributed by atoms with E-state index in [1.54, 1.807) is 4.90 Å². The second-order valence-electron chi connectivity index (χ2n) is 11.4. The van der Waals surface area contributed by atoms with Gasteiger partial charge in [0.15, 0.2) is 5.82 Å². The topological polar surface area (TPSA) is 107 Å². The van der Waals surface area contributed by atoms with Crippen molar-refractivity contribution in [3.05, 3.63) is 33.7 Å². The maximum atomic E-state index is 15.8. The van der Waals surface area contributed by atoms with Crippen LogP contribution >= 0.6 is 15.9 Å². The fourth-order valence-electron chi connectivity index (χ4n) is 6.03. The van der Waals surface area contributed by atoms with Crippen molar-refractivity contribution in [2.75, 3.05) is 20.8 Å². The van der Waals surface area contributed by atoms with Crippen LogP contribution in [0.2, 0.25) is 0 Å². The number of carbonyl (C=O) groups is 2. The first kappa shape index (κ1) is 28.1. The number of methoxy groups -OCH3 is 2. The van der Waals surface area contributed by atoms with Gasteiger partial charge in [0.05, 0.1) is 54.2 Å². The summed E-state index contributed by atoms with van der Waals surface area (Å²) < 4.78 is 34.4. The highest BCUT2D eigenvalue weighted by atomic mass is 79.9. The van der Waals surface area contributed by atoms with Crippen molar-refractivity contribution >= 4 is 49.8 Å². The second-order valence-corrected chi connectivity index (χ2v) is 12.2. The summed E-state index contributed by atoms with van der Waals surface area (Å²) in [7, 11) is 2.84. The Hall–Kier alpha value is -3.39. The summed E-state index contributed by atoms with van der Waals surface area (Å²) >= 11 is 3.36. The predicted molar refractivity (Wildman–Crippen MR) is 150 cm³/mol. The summed E-state index contributed by atoms with van der Waals surface area (Å²) in [6, 6.07) is 5.73. The number of ether oxygens (including phenoxy) is 3. The number of nitrogens with zero attached hydrogens (tertiary/aromatic N) is 4. The van der Waals surface area contributed by atoms with Crippen molar-refractivity contribution in [2.24, 2.45) is 5.92 Å². The van der Waals surface area contributed by atoms with E-state index in [1.807, 2.05) is 32.9 Å². The molecule has 0 N–H and O–H groups in total. The van der Waals surface area contributed by atoms with Gasteiger partial charge in [-0.1, -0.05) is 0 Å². The molecule has 0 spiro atoms. The number of hydrogen-bond donors (Lipinski definition) is 0. The predicted octanol–water partition coefficient (Wildman–Crippen LogP) is 5.84. The van der Waals surface area contributed by atoms with Crippen LogP contribution in [-0.4, -0.2) is 58.9 Å². The van der Waals surface area contributed by atoms with Gasteiger partial charge in [0, 0.05) is 30.0 Å². The number of halogens is 2. The van der Waals surface area contributed by atoms with Crippen molar-refractivity contribution in [1.29, 1.82) is 5.26 Å². The SMILES string of the molecule is COC(=O)CCc1cc2c(OC)nc3c(F)c(Br)c(CCC#N)cc3c2n1[C@H]1[C@@H]2C[C@H]1N(C(=O)OC(C)(C)C)C2. The molecule has 0 unspecified atom stereocenters. The molecule has 9 nitrogen and oxygen atoms in total. The number of aryl methyl sites for hydroxylation is 2. The number of amides is 1. The first-order valence-corrected chi connectivity index (χ1v) is 14.1. The van der Waals surface area contributed by atoms with Crippen molar-refractivity contribution in [2.45, 2.75) is 70.6 Å². The minimum absolute atomic E-state index is 0.0952. The highest BCUT2D eigenvalue weighted by Crippen LogP contribution is 2.53. The van der Waals surface area contributed by atoms with E-state index < -0.39 is 11.4 Å². The molecule has 3 aromatic rings. The van der Waals surface area contributed by atoms with Crippen LogP contribution in [0.1, 0.15) is 57.3 Å². The molecule has 2 saturated heterocycles. The quantitative estimate of drug-likeness (QED) is 0.308. The molecule has 1 aromatic carbocycles. The van der Waals surface area contributed by atoms with Gasteiger partial charge in [0.2, 0.25) is 5.88 Å². The molecule has 40 heavy (non-hydrogen) atoms. The number of esters is 1. The third kappa shape index (κ3) is 4.76. The van der Waals surface area contributed by atoms with Crippen LogP contribution in [0.4, 0.5) is 9.18 Å². The van der Waals surface area contributed by atoms with E-state index in [4.69, 9.17) is 19.5 Å². The van der Waals surface area contributed by atoms with Crippen molar-refractivity contribution in [1.82, 2.24) is 14.5 Å². The second kappa shape index (κ2) is 10.5. The first-order chi connectivity index (χ1) is 19.0. The molecule has 0 radical (unpaired) electrons. The van der Waals surface area contributed by atoms with Gasteiger partial charge in [0.1, 0.15) is 11.1 Å². The number of rotatable bonds is 7. The third-order valence-corrected chi connectivity index (χ3v) is 8.62. The van der Waals surface area contributed by atoms with Crippen LogP contribution < -0.4 is 4.74 Å². The van der Waals surface area contributed by atoms with Crippen LogP contribution in [0.25, 0.3) is 21.8 Å². The minimum Gasteiger partial charge on any atom is -0.480 e. The third-order valence-electron chi connectivity index (χ3n) is 7.76. The lowest BCUT2D eigenvalue weighted by atomic mass is 9.79. The summed E-state index contributed by atoms with van der Waals surface area (Å²) in [5.74, 6) is -0.432. The van der Waals surface area contributed by atoms with Gasteiger partial charge in [-0.15, -0.1) is 0 Å². The maximum absolute atomic E-state index is 15.8. The number of fused-ring (bicyclic) bond motifs is 4. The lowest BCUT2D eigenvalue weighted by Gasteiger charge is -2.39. The molecular weight excluding hydrogens is 583 g/mol. The van der Waals surface area contributed by atoms with Crippen LogP contribution in [0.15, 0.2) is 16.6 Å². The fourth-order valence-corrected chi connectivity index (χ4v) is 6.53. The van der Waals surface area contributed by atoms with Crippen LogP contribution in [0.5, 0.6) is 5.88 Å². The minimum atomic E-state index is -0.620. The summed E-state index contributed by atoms with van der Waals surface area (Å²) in [5.41, 5.74) is 1.77. The monoisotopic (exact) mass is 614 g/mol. The normalized spacial score (nSPS) is 19.9. The highest BCUT2D eigenvalue weighted by molar-refractivity contribution is 9.10. The Morgan fingerprint density at radius 3 is 2.62 bits per heavy atom. The first-order valence-electron chi connectivity index (χ1n) is 13.3. The van der Waals surface area contributed by atoms with Crippen molar-refractivity contribution < 1.29 is 28.2 Å². The van der Waals surface area contributed by atoms with E-state index in [2.05, 4.69) is 31.6 Å². The molecule has 1 aliphatic carbocycles.